The van der Waals surface area contributed by atoms with Crippen LogP contribution in [0, 0.1) is 18.8 Å². The first kappa shape index (κ1) is 34.8. The van der Waals surface area contributed by atoms with Crippen LogP contribution in [0.4, 0.5) is 5.69 Å². The number of nitrogens with zero attached hydrogens (tertiary/aromatic N) is 4. The van der Waals surface area contributed by atoms with E-state index < -0.39 is 21.4 Å². The molecule has 0 radical (unpaired) electrons. The Morgan fingerprint density at radius 1 is 0.935 bits per heavy atom. The number of halogens is 1. The Kier molecular flexibility index (Phi) is 11.8. The van der Waals surface area contributed by atoms with Gasteiger partial charge in [0.1, 0.15) is 5.25 Å². The average molecular weight is 673 g/mol. The van der Waals surface area contributed by atoms with Crippen molar-refractivity contribution < 1.29 is 23.1 Å². The van der Waals surface area contributed by atoms with Crippen molar-refractivity contribution in [2.75, 3.05) is 57.3 Å². The summed E-state index contributed by atoms with van der Waals surface area (Å²) in [7, 11) is -3.58. The van der Waals surface area contributed by atoms with Gasteiger partial charge < -0.3 is 19.8 Å². The molecule has 3 fully saturated rings. The topological polar surface area (TPSA) is 101 Å². The van der Waals surface area contributed by atoms with Crippen molar-refractivity contribution in [1.82, 2.24) is 14.1 Å². The van der Waals surface area contributed by atoms with E-state index in [0.29, 0.717) is 63.4 Å². The molecule has 0 bridgehead atoms. The number of aliphatic hydroxyl groups excluding tert-OH is 1. The number of carbonyl (C=O) groups excluding carboxylic acids is 2. The summed E-state index contributed by atoms with van der Waals surface area (Å²) in [6.45, 7) is 8.43. The van der Waals surface area contributed by atoms with Gasteiger partial charge in [-0.15, -0.1) is 0 Å². The summed E-state index contributed by atoms with van der Waals surface area (Å²) in [4.78, 5) is 31.7. The smallest absolute Gasteiger partial charge is 0.230 e. The van der Waals surface area contributed by atoms with Crippen molar-refractivity contribution >= 4 is 39.1 Å². The maximum Gasteiger partial charge on any atom is 0.230 e. The first-order chi connectivity index (χ1) is 22.0. The lowest BCUT2D eigenvalue weighted by molar-refractivity contribution is -0.133. The van der Waals surface area contributed by atoms with Gasteiger partial charge in [0.25, 0.3) is 0 Å². The second-order valence-corrected chi connectivity index (χ2v) is 15.7. The fraction of sp³-hybridized carbons (Fsp3) is 0.600. The van der Waals surface area contributed by atoms with Crippen LogP contribution in [0.3, 0.4) is 0 Å². The SMILES string of the molecule is CC(=O)N1CCC(C(=O)N(CCCN2CCC(C(c3ccccc3)S(=O)(=O)N3CCC(O)CC3)CC2)c2ccc(C)c(Cl)c2)CC1. The Labute approximate surface area is 279 Å². The summed E-state index contributed by atoms with van der Waals surface area (Å²) in [5.74, 6) is 0.00874. The molecule has 0 aliphatic carbocycles. The second-order valence-electron chi connectivity index (χ2n) is 13.2. The van der Waals surface area contributed by atoms with Gasteiger partial charge in [-0.1, -0.05) is 48.0 Å². The van der Waals surface area contributed by atoms with Crippen molar-refractivity contribution in [2.24, 2.45) is 11.8 Å². The van der Waals surface area contributed by atoms with Crippen molar-refractivity contribution in [1.29, 1.82) is 0 Å². The fourth-order valence-electron chi connectivity index (χ4n) is 7.30. The molecule has 5 rings (SSSR count). The summed E-state index contributed by atoms with van der Waals surface area (Å²) < 4.78 is 29.6. The lowest BCUT2D eigenvalue weighted by atomic mass is 9.89. The Morgan fingerprint density at radius 2 is 1.59 bits per heavy atom. The first-order valence-electron chi connectivity index (χ1n) is 16.8. The molecule has 3 saturated heterocycles. The molecule has 0 spiro atoms. The van der Waals surface area contributed by atoms with Crippen LogP contribution >= 0.6 is 11.6 Å². The number of hydrogen-bond acceptors (Lipinski definition) is 6. The molecule has 2 aromatic rings. The molecule has 11 heteroatoms. The molecule has 46 heavy (non-hydrogen) atoms. The molecule has 0 aromatic heterocycles. The molecule has 0 saturated carbocycles. The zero-order chi connectivity index (χ0) is 32.8. The quantitative estimate of drug-likeness (QED) is 0.387. The molecule has 252 valence electrons. The number of benzene rings is 2. The molecule has 1 N–H and O–H groups in total. The molecule has 3 aliphatic rings. The number of aliphatic hydroxyl groups is 1. The van der Waals surface area contributed by atoms with Crippen LogP contribution in [0.25, 0.3) is 0 Å². The van der Waals surface area contributed by atoms with Gasteiger partial charge in [0, 0.05) is 56.3 Å². The standard InChI is InChI=1S/C35H49ClN4O5S/c1-26-9-10-31(25-33(26)36)40(35(43)30-13-21-38(22-14-30)27(2)41)18-6-17-37-19-11-29(12-20-37)34(28-7-4-3-5-8-28)46(44,45)39-23-15-32(42)16-24-39/h3-5,7-10,25,29-30,32,34,42H,6,11-24H2,1-2H3. The molecule has 1 atom stereocenters. The zero-order valence-corrected chi connectivity index (χ0v) is 28.8. The van der Waals surface area contributed by atoms with Gasteiger partial charge in [-0.3, -0.25) is 9.59 Å². The second kappa shape index (κ2) is 15.6. The third-order valence-corrected chi connectivity index (χ3v) is 13.0. The van der Waals surface area contributed by atoms with E-state index in [1.165, 1.54) is 0 Å². The number of carbonyl (C=O) groups is 2. The predicted molar refractivity (Wildman–Crippen MR) is 182 cm³/mol. The van der Waals surface area contributed by atoms with Crippen LogP contribution in [-0.2, 0) is 19.6 Å². The maximum absolute atomic E-state index is 14.0. The van der Waals surface area contributed by atoms with E-state index >= 15 is 0 Å². The normalized spacial score (nSPS) is 20.5. The number of aryl methyl sites for hydroxylation is 1. The van der Waals surface area contributed by atoms with Crippen LogP contribution in [0.1, 0.15) is 68.2 Å². The number of amides is 2. The van der Waals surface area contributed by atoms with E-state index in [9.17, 15) is 23.1 Å². The van der Waals surface area contributed by atoms with Crippen LogP contribution < -0.4 is 4.90 Å². The molecular formula is C35H49ClN4O5S. The van der Waals surface area contributed by atoms with Gasteiger partial charge in [0.2, 0.25) is 21.8 Å². The average Bonchev–Trinajstić information content (AvgIpc) is 3.05. The van der Waals surface area contributed by atoms with Gasteiger partial charge >= 0.3 is 0 Å². The Hall–Kier alpha value is -2.50. The van der Waals surface area contributed by atoms with Crippen molar-refractivity contribution in [3.05, 3.63) is 64.7 Å². The molecule has 2 amide bonds. The number of rotatable bonds is 10. The van der Waals surface area contributed by atoms with E-state index in [1.807, 2.05) is 65.3 Å². The van der Waals surface area contributed by atoms with Crippen molar-refractivity contribution in [3.63, 3.8) is 0 Å². The largest absolute Gasteiger partial charge is 0.393 e. The fourth-order valence-corrected chi connectivity index (χ4v) is 9.77. The van der Waals surface area contributed by atoms with Crippen LogP contribution in [0.15, 0.2) is 48.5 Å². The zero-order valence-electron chi connectivity index (χ0n) is 27.2. The monoisotopic (exact) mass is 672 g/mol. The summed E-state index contributed by atoms with van der Waals surface area (Å²) in [5, 5.41) is 10.0. The van der Waals surface area contributed by atoms with E-state index in [2.05, 4.69) is 4.90 Å². The highest BCUT2D eigenvalue weighted by molar-refractivity contribution is 7.89. The van der Waals surface area contributed by atoms with E-state index in [1.54, 1.807) is 11.2 Å². The lowest BCUT2D eigenvalue weighted by Gasteiger charge is -2.39. The molecule has 1 unspecified atom stereocenters. The van der Waals surface area contributed by atoms with E-state index in [0.717, 1.165) is 55.7 Å². The number of piperidine rings is 3. The highest BCUT2D eigenvalue weighted by Crippen LogP contribution is 2.39. The number of hydrogen-bond donors (Lipinski definition) is 1. The predicted octanol–water partition coefficient (Wildman–Crippen LogP) is 4.87. The van der Waals surface area contributed by atoms with Gasteiger partial charge in [-0.2, -0.15) is 0 Å². The summed E-state index contributed by atoms with van der Waals surface area (Å²) in [6.07, 6.45) is 4.18. The van der Waals surface area contributed by atoms with Crippen LogP contribution in [0.2, 0.25) is 5.02 Å². The maximum atomic E-state index is 14.0. The third-order valence-electron chi connectivity index (χ3n) is 10.2. The summed E-state index contributed by atoms with van der Waals surface area (Å²) in [6, 6.07) is 15.4. The molecular weight excluding hydrogens is 624 g/mol. The minimum Gasteiger partial charge on any atom is -0.393 e. The van der Waals surface area contributed by atoms with Gasteiger partial charge in [-0.25, -0.2) is 12.7 Å². The minimum absolute atomic E-state index is 0.00384. The van der Waals surface area contributed by atoms with Gasteiger partial charge in [-0.05, 0) is 101 Å². The van der Waals surface area contributed by atoms with Crippen LogP contribution in [-0.4, -0.2) is 97.9 Å². The highest BCUT2D eigenvalue weighted by Gasteiger charge is 2.41. The highest BCUT2D eigenvalue weighted by atomic mass is 35.5. The van der Waals surface area contributed by atoms with E-state index in [4.69, 9.17) is 11.6 Å². The van der Waals surface area contributed by atoms with Gasteiger partial charge in [0.05, 0.1) is 6.10 Å². The minimum atomic E-state index is -3.58. The molecule has 3 aliphatic heterocycles. The van der Waals surface area contributed by atoms with E-state index in [-0.39, 0.29) is 23.7 Å². The molecule has 3 heterocycles. The summed E-state index contributed by atoms with van der Waals surface area (Å²) >= 11 is 6.48. The first-order valence-corrected chi connectivity index (χ1v) is 18.7. The summed E-state index contributed by atoms with van der Waals surface area (Å²) in [5.41, 5.74) is 2.60. The number of anilines is 1. The number of likely N-dealkylation sites (tertiary alicyclic amines) is 2. The van der Waals surface area contributed by atoms with Crippen molar-refractivity contribution in [3.8, 4) is 0 Å². The third kappa shape index (κ3) is 8.31. The molecule has 9 nitrogen and oxygen atoms in total. The van der Waals surface area contributed by atoms with Gasteiger partial charge in [0.15, 0.2) is 0 Å². The Bertz CT molecular complexity index is 1430. The number of sulfonamides is 1. The Balaban J connectivity index is 1.21. The lowest BCUT2D eigenvalue weighted by Crippen LogP contribution is -2.46. The molecule has 2 aromatic carbocycles. The van der Waals surface area contributed by atoms with Crippen LogP contribution in [0.5, 0.6) is 0 Å². The van der Waals surface area contributed by atoms with Crippen molar-refractivity contribution in [2.45, 2.75) is 70.1 Å². The Morgan fingerprint density at radius 3 is 2.20 bits per heavy atom.